The van der Waals surface area contributed by atoms with E-state index in [0.29, 0.717) is 28.8 Å². The first kappa shape index (κ1) is 18.8. The van der Waals surface area contributed by atoms with Gasteiger partial charge in [-0.1, -0.05) is 48.0 Å². The lowest BCUT2D eigenvalue weighted by molar-refractivity contribution is -0.122. The first-order chi connectivity index (χ1) is 13.1. The zero-order chi connectivity index (χ0) is 19.1. The van der Waals surface area contributed by atoms with Gasteiger partial charge in [-0.25, -0.2) is 0 Å². The summed E-state index contributed by atoms with van der Waals surface area (Å²) >= 11 is 5.85. The second-order valence-electron chi connectivity index (χ2n) is 6.01. The summed E-state index contributed by atoms with van der Waals surface area (Å²) in [6, 6.07) is 24.1. The molecule has 0 spiro atoms. The molecule has 0 fully saturated rings. The average Bonchev–Trinajstić information content (AvgIpc) is 2.69. The van der Waals surface area contributed by atoms with Gasteiger partial charge in [-0.3, -0.25) is 4.79 Å². The van der Waals surface area contributed by atoms with E-state index in [0.717, 1.165) is 5.56 Å². The molecule has 0 aromatic heterocycles. The van der Waals surface area contributed by atoms with Gasteiger partial charge in [0.25, 0.3) is 5.91 Å². The van der Waals surface area contributed by atoms with Crippen LogP contribution in [0.15, 0.2) is 78.9 Å². The minimum absolute atomic E-state index is 0.245. The molecule has 0 bridgehead atoms. The summed E-state index contributed by atoms with van der Waals surface area (Å²) in [5, 5.41) is 3.46. The van der Waals surface area contributed by atoms with Crippen LogP contribution in [0.3, 0.4) is 0 Å². The number of ether oxygens (including phenoxy) is 2. The van der Waals surface area contributed by atoms with Gasteiger partial charge in [0.2, 0.25) is 0 Å². The summed E-state index contributed by atoms with van der Waals surface area (Å²) in [5.41, 5.74) is 1.73. The molecule has 0 aliphatic rings. The monoisotopic (exact) mass is 381 g/mol. The maximum Gasteiger partial charge on any atom is 0.265 e. The molecule has 1 amide bonds. The summed E-state index contributed by atoms with van der Waals surface area (Å²) < 4.78 is 11.4. The van der Waals surface area contributed by atoms with Gasteiger partial charge in [-0.15, -0.1) is 0 Å². The van der Waals surface area contributed by atoms with Gasteiger partial charge < -0.3 is 14.8 Å². The quantitative estimate of drug-likeness (QED) is 0.602. The Morgan fingerprint density at radius 3 is 2.44 bits per heavy atom. The molecule has 3 aromatic carbocycles. The van der Waals surface area contributed by atoms with Crippen LogP contribution in [0.5, 0.6) is 11.5 Å². The summed E-state index contributed by atoms with van der Waals surface area (Å²) in [5.74, 6) is 1.02. The summed E-state index contributed by atoms with van der Waals surface area (Å²) in [6.07, 6.45) is -0.653. The number of benzene rings is 3. The molecule has 0 saturated carbocycles. The van der Waals surface area contributed by atoms with Gasteiger partial charge in [0.1, 0.15) is 18.1 Å². The highest BCUT2D eigenvalue weighted by Gasteiger charge is 2.15. The molecule has 1 N–H and O–H groups in total. The normalized spacial score (nSPS) is 11.5. The van der Waals surface area contributed by atoms with Gasteiger partial charge in [0.15, 0.2) is 6.10 Å². The van der Waals surface area contributed by atoms with Crippen LogP contribution < -0.4 is 14.8 Å². The Morgan fingerprint density at radius 1 is 0.963 bits per heavy atom. The minimum atomic E-state index is -0.653. The summed E-state index contributed by atoms with van der Waals surface area (Å²) in [7, 11) is 0. The van der Waals surface area contributed by atoms with Crippen LogP contribution in [0.25, 0.3) is 0 Å². The molecule has 3 rings (SSSR count). The van der Waals surface area contributed by atoms with Gasteiger partial charge in [0.05, 0.1) is 0 Å². The first-order valence-electron chi connectivity index (χ1n) is 8.60. The lowest BCUT2D eigenvalue weighted by Gasteiger charge is -2.15. The predicted octanol–water partition coefficient (Wildman–Crippen LogP) is 5.33. The van der Waals surface area contributed by atoms with Crippen molar-refractivity contribution in [2.24, 2.45) is 0 Å². The van der Waals surface area contributed by atoms with Crippen LogP contribution in [-0.2, 0) is 11.4 Å². The molecule has 0 aliphatic heterocycles. The third-order valence-corrected chi connectivity index (χ3v) is 4.10. The predicted molar refractivity (Wildman–Crippen MR) is 107 cm³/mol. The van der Waals surface area contributed by atoms with Crippen molar-refractivity contribution < 1.29 is 14.3 Å². The Balaban J connectivity index is 1.56. The Bertz CT molecular complexity index is 882. The molecule has 1 atom stereocenters. The average molecular weight is 382 g/mol. The van der Waals surface area contributed by atoms with Crippen molar-refractivity contribution in [3.63, 3.8) is 0 Å². The van der Waals surface area contributed by atoms with Gasteiger partial charge in [-0.2, -0.15) is 0 Å². The summed E-state index contributed by atoms with van der Waals surface area (Å²) in [4.78, 5) is 12.4. The Labute approximate surface area is 163 Å². The van der Waals surface area contributed by atoms with Crippen LogP contribution in [0.1, 0.15) is 12.5 Å². The lowest BCUT2D eigenvalue weighted by Crippen LogP contribution is -2.30. The molecule has 0 radical (unpaired) electrons. The van der Waals surface area contributed by atoms with Crippen LogP contribution in [-0.4, -0.2) is 12.0 Å². The number of halogens is 1. The number of hydrogen-bond donors (Lipinski definition) is 1. The van der Waals surface area contributed by atoms with E-state index < -0.39 is 6.10 Å². The topological polar surface area (TPSA) is 47.6 Å². The number of carbonyl (C=O) groups is 1. The van der Waals surface area contributed by atoms with E-state index >= 15 is 0 Å². The van der Waals surface area contributed by atoms with Crippen LogP contribution >= 0.6 is 11.6 Å². The molecular weight excluding hydrogens is 362 g/mol. The Hall–Kier alpha value is -2.98. The van der Waals surface area contributed by atoms with E-state index in [1.165, 1.54) is 0 Å². The van der Waals surface area contributed by atoms with Crippen molar-refractivity contribution in [2.75, 3.05) is 5.32 Å². The van der Waals surface area contributed by atoms with Crippen LogP contribution in [0.2, 0.25) is 5.02 Å². The summed E-state index contributed by atoms with van der Waals surface area (Å²) in [6.45, 7) is 2.16. The van der Waals surface area contributed by atoms with E-state index in [9.17, 15) is 4.79 Å². The smallest absolute Gasteiger partial charge is 0.265 e. The van der Waals surface area contributed by atoms with Crippen molar-refractivity contribution in [2.45, 2.75) is 19.6 Å². The number of carbonyl (C=O) groups excluding carboxylic acids is 1. The number of hydrogen-bond acceptors (Lipinski definition) is 3. The third kappa shape index (κ3) is 5.76. The van der Waals surface area contributed by atoms with Crippen molar-refractivity contribution >= 4 is 23.2 Å². The van der Waals surface area contributed by atoms with E-state index in [2.05, 4.69) is 5.32 Å². The third-order valence-electron chi connectivity index (χ3n) is 3.85. The zero-order valence-electron chi connectivity index (χ0n) is 14.9. The molecule has 0 aliphatic carbocycles. The van der Waals surface area contributed by atoms with Crippen molar-refractivity contribution in [1.82, 2.24) is 0 Å². The fraction of sp³-hybridized carbons (Fsp3) is 0.136. The Morgan fingerprint density at radius 2 is 1.70 bits per heavy atom. The molecule has 3 aromatic rings. The lowest BCUT2D eigenvalue weighted by atomic mass is 10.2. The van der Waals surface area contributed by atoms with E-state index in [-0.39, 0.29) is 5.91 Å². The maximum absolute atomic E-state index is 12.4. The highest BCUT2D eigenvalue weighted by atomic mass is 35.5. The first-order valence-corrected chi connectivity index (χ1v) is 8.98. The standard InChI is InChI=1S/C22H20ClNO3/c1-16(27-20-12-10-18(23)11-13-20)22(25)24-19-8-5-9-21(14-19)26-15-17-6-3-2-4-7-17/h2-14,16H,15H2,1H3,(H,24,25). The van der Waals surface area contributed by atoms with Crippen LogP contribution in [0, 0.1) is 0 Å². The maximum atomic E-state index is 12.4. The van der Waals surface area contributed by atoms with E-state index in [1.54, 1.807) is 37.3 Å². The second kappa shape index (κ2) is 9.10. The molecule has 4 nitrogen and oxygen atoms in total. The van der Waals surface area contributed by atoms with Crippen molar-refractivity contribution in [3.8, 4) is 11.5 Å². The molecule has 27 heavy (non-hydrogen) atoms. The number of amides is 1. The van der Waals surface area contributed by atoms with Gasteiger partial charge in [0, 0.05) is 16.8 Å². The number of anilines is 1. The molecule has 5 heteroatoms. The van der Waals surface area contributed by atoms with Crippen molar-refractivity contribution in [3.05, 3.63) is 89.4 Å². The second-order valence-corrected chi connectivity index (χ2v) is 6.44. The molecular formula is C22H20ClNO3. The molecule has 0 saturated heterocycles. The van der Waals surface area contributed by atoms with Crippen molar-refractivity contribution in [1.29, 1.82) is 0 Å². The highest BCUT2D eigenvalue weighted by Crippen LogP contribution is 2.20. The number of rotatable bonds is 7. The molecule has 138 valence electrons. The Kier molecular flexibility index (Phi) is 6.34. The SMILES string of the molecule is CC(Oc1ccc(Cl)cc1)C(=O)Nc1cccc(OCc2ccccc2)c1. The zero-order valence-corrected chi connectivity index (χ0v) is 15.6. The van der Waals surface area contributed by atoms with Gasteiger partial charge >= 0.3 is 0 Å². The largest absolute Gasteiger partial charge is 0.489 e. The minimum Gasteiger partial charge on any atom is -0.489 e. The number of nitrogens with one attached hydrogen (secondary N) is 1. The van der Waals surface area contributed by atoms with Crippen LogP contribution in [0.4, 0.5) is 5.69 Å². The highest BCUT2D eigenvalue weighted by molar-refractivity contribution is 6.30. The van der Waals surface area contributed by atoms with E-state index in [4.69, 9.17) is 21.1 Å². The van der Waals surface area contributed by atoms with Gasteiger partial charge in [-0.05, 0) is 48.9 Å². The fourth-order valence-corrected chi connectivity index (χ4v) is 2.55. The van der Waals surface area contributed by atoms with E-state index in [1.807, 2.05) is 48.5 Å². The fourth-order valence-electron chi connectivity index (χ4n) is 2.42. The molecule has 1 unspecified atom stereocenters. The molecule has 0 heterocycles.